The molecule has 6 unspecified atom stereocenters. The monoisotopic (exact) mass is 889 g/mol. The van der Waals surface area contributed by atoms with Crippen molar-refractivity contribution in [3.8, 4) is 22.8 Å². The number of fused-ring (bicyclic) bond motifs is 6. The Hall–Kier alpha value is -4.97. The molecule has 4 aliphatic carbocycles. The van der Waals surface area contributed by atoms with E-state index in [2.05, 4.69) is 78.8 Å². The average molecular weight is 889 g/mol. The largest absolute Gasteiger partial charge is 0.444 e. The molecule has 6 aliphatic rings. The van der Waals surface area contributed by atoms with Crippen LogP contribution in [0.5, 0.6) is 0 Å². The highest BCUT2D eigenvalue weighted by atomic mass is 16.6. The van der Waals surface area contributed by atoms with Crippen molar-refractivity contribution < 1.29 is 19.1 Å². The van der Waals surface area contributed by atoms with Crippen LogP contribution in [0.4, 0.5) is 4.79 Å². The summed E-state index contributed by atoms with van der Waals surface area (Å²) in [7, 11) is 0. The highest BCUT2D eigenvalue weighted by Gasteiger charge is 2.61. The second-order valence-electron chi connectivity index (χ2n) is 22.2. The maximum absolute atomic E-state index is 13.8. The average Bonchev–Trinajstić information content (AvgIpc) is 4.09. The number of ether oxygens (including phenoxy) is 1. The first-order valence-corrected chi connectivity index (χ1v) is 23.4. The second-order valence-corrected chi connectivity index (χ2v) is 22.2. The lowest BCUT2D eigenvalue weighted by atomic mass is 9.68. The van der Waals surface area contributed by atoms with E-state index >= 15 is 0 Å². The first kappa shape index (κ1) is 48.0. The minimum Gasteiger partial charge on any atom is -0.444 e. The molecule has 2 aromatic heterocycles. The van der Waals surface area contributed by atoms with Gasteiger partial charge in [0.1, 0.15) is 17.2 Å². The zero-order valence-corrected chi connectivity index (χ0v) is 38.9. The van der Waals surface area contributed by atoms with Crippen molar-refractivity contribution in [1.82, 2.24) is 40.0 Å². The number of hydrogen-bond acceptors (Lipinski definition) is 7. The van der Waals surface area contributed by atoms with Gasteiger partial charge in [0.15, 0.2) is 11.4 Å². The Labute approximate surface area is 388 Å². The molecule has 3 amide bonds. The third kappa shape index (κ3) is 8.53. The molecule has 0 saturated heterocycles. The van der Waals surface area contributed by atoms with E-state index in [-0.39, 0.29) is 66.5 Å². The molecule has 3 N–H and O–H groups in total. The summed E-state index contributed by atoms with van der Waals surface area (Å²) in [6.45, 7) is 23.3. The SMILES string of the molecule is C.C.CC(C)(C)OC(=O)N1CCn2c(-c3ccccc3)nc(C(=O)NC3C4(C)CCC(C4)C3(C)C)c2C1.CC12CCC(C1)C(C)(C)C2NC(=O)c1nc(-c2ccccc2)n2c1CNCC2. The first-order valence-electron chi connectivity index (χ1n) is 23.4. The number of imidazole rings is 2. The van der Waals surface area contributed by atoms with Crippen molar-refractivity contribution in [3.05, 3.63) is 83.4 Å². The van der Waals surface area contributed by atoms with Crippen LogP contribution in [0.3, 0.4) is 0 Å². The number of benzene rings is 2. The molecule has 0 spiro atoms. The summed E-state index contributed by atoms with van der Waals surface area (Å²) in [5.74, 6) is 2.86. The number of aromatic nitrogens is 4. The third-order valence-corrected chi connectivity index (χ3v) is 16.1. The Morgan fingerprint density at radius 3 is 1.58 bits per heavy atom. The van der Waals surface area contributed by atoms with Gasteiger partial charge in [-0.1, -0.05) is 117 Å². The fourth-order valence-electron chi connectivity index (χ4n) is 12.9. The summed E-state index contributed by atoms with van der Waals surface area (Å²) in [6, 6.07) is 20.5. The van der Waals surface area contributed by atoms with Gasteiger partial charge in [-0.15, -0.1) is 0 Å². The summed E-state index contributed by atoms with van der Waals surface area (Å²) >= 11 is 0. The van der Waals surface area contributed by atoms with E-state index in [4.69, 9.17) is 14.7 Å². The standard InChI is InChI=1S/C28H38N4O3.C23H30N4O.2CH4/c1-26(2,3)35-25(34)31-14-15-32-20(17-31)21(29-22(32)18-10-8-7-9-11-18)23(33)30-24-27(4,5)19-12-13-28(24,6)16-19;1-22(2)16-9-10-23(3,13-16)21(22)26-20(28)18-17-14-24-11-12-27(17)19(25-18)15-7-5-4-6-8-15;;/h7-11,19,24H,12-17H2,1-6H3,(H,30,33);4-8,16,21,24H,9-14H2,1-3H3,(H,26,28);2*1H4. The van der Waals surface area contributed by atoms with Gasteiger partial charge in [-0.05, 0) is 92.8 Å². The van der Waals surface area contributed by atoms with Crippen LogP contribution in [-0.2, 0) is 30.9 Å². The molecule has 4 saturated carbocycles. The van der Waals surface area contributed by atoms with E-state index in [1.807, 2.05) is 69.3 Å². The van der Waals surface area contributed by atoms with E-state index in [1.54, 1.807) is 4.90 Å². The highest BCUT2D eigenvalue weighted by molar-refractivity contribution is 5.95. The molecule has 2 aromatic carbocycles. The molecule has 4 aromatic rings. The van der Waals surface area contributed by atoms with Crippen LogP contribution in [0, 0.1) is 33.5 Å². The van der Waals surface area contributed by atoms with E-state index in [0.29, 0.717) is 49.4 Å². The Balaban J connectivity index is 0.000000192. The van der Waals surface area contributed by atoms with Gasteiger partial charge < -0.3 is 34.7 Å². The molecule has 0 radical (unpaired) electrons. The summed E-state index contributed by atoms with van der Waals surface area (Å²) in [5, 5.41) is 10.2. The molecule has 12 heteroatoms. The topological polar surface area (TPSA) is 135 Å². The molecule has 4 fully saturated rings. The van der Waals surface area contributed by atoms with E-state index in [0.717, 1.165) is 60.1 Å². The molecular formula is C53H76N8O4. The molecule has 4 heterocycles. The van der Waals surface area contributed by atoms with Crippen molar-refractivity contribution in [2.45, 2.75) is 160 Å². The number of nitrogens with one attached hydrogen (secondary N) is 3. The summed E-state index contributed by atoms with van der Waals surface area (Å²) < 4.78 is 9.94. The fraction of sp³-hybridized carbons (Fsp3) is 0.604. The van der Waals surface area contributed by atoms with E-state index < -0.39 is 5.60 Å². The van der Waals surface area contributed by atoms with Crippen LogP contribution >= 0.6 is 0 Å². The van der Waals surface area contributed by atoms with Crippen LogP contribution in [0.2, 0.25) is 0 Å². The molecule has 10 rings (SSSR count). The number of amides is 3. The molecule has 352 valence electrons. The number of hydrogen-bond donors (Lipinski definition) is 3. The quantitative estimate of drug-likeness (QED) is 0.175. The summed E-state index contributed by atoms with van der Waals surface area (Å²) in [4.78, 5) is 51.5. The van der Waals surface area contributed by atoms with Crippen LogP contribution in [0.1, 0.15) is 148 Å². The minimum absolute atomic E-state index is 0. The zero-order chi connectivity index (χ0) is 44.7. The third-order valence-electron chi connectivity index (χ3n) is 16.1. The molecule has 65 heavy (non-hydrogen) atoms. The molecule has 6 atom stereocenters. The smallest absolute Gasteiger partial charge is 0.410 e. The molecule has 4 bridgehead atoms. The van der Waals surface area contributed by atoms with Gasteiger partial charge in [0.05, 0.1) is 17.9 Å². The highest BCUT2D eigenvalue weighted by Crippen LogP contribution is 2.63. The van der Waals surface area contributed by atoms with Gasteiger partial charge in [0, 0.05) is 55.9 Å². The van der Waals surface area contributed by atoms with Gasteiger partial charge in [-0.2, -0.15) is 0 Å². The minimum atomic E-state index is -0.576. The normalized spacial score (nSPS) is 27.6. The second kappa shape index (κ2) is 17.4. The molecular weight excluding hydrogens is 813 g/mol. The predicted molar refractivity (Wildman–Crippen MR) is 258 cm³/mol. The van der Waals surface area contributed by atoms with Gasteiger partial charge in [-0.3, -0.25) is 9.59 Å². The maximum atomic E-state index is 13.8. The van der Waals surface area contributed by atoms with Crippen LogP contribution in [0.15, 0.2) is 60.7 Å². The van der Waals surface area contributed by atoms with E-state index in [9.17, 15) is 14.4 Å². The van der Waals surface area contributed by atoms with Crippen LogP contribution in [-0.4, -0.2) is 72.7 Å². The number of carbonyl (C=O) groups excluding carboxylic acids is 3. The molecule has 2 aliphatic heterocycles. The van der Waals surface area contributed by atoms with Gasteiger partial charge in [-0.25, -0.2) is 14.8 Å². The van der Waals surface area contributed by atoms with Gasteiger partial charge >= 0.3 is 6.09 Å². The lowest BCUT2D eigenvalue weighted by Gasteiger charge is -2.43. The fourth-order valence-corrected chi connectivity index (χ4v) is 12.9. The van der Waals surface area contributed by atoms with Crippen molar-refractivity contribution >= 4 is 17.9 Å². The van der Waals surface area contributed by atoms with Crippen molar-refractivity contribution in [2.24, 2.45) is 33.5 Å². The van der Waals surface area contributed by atoms with E-state index in [1.165, 1.54) is 25.7 Å². The number of nitrogens with zero attached hydrogens (tertiary/aromatic N) is 5. The number of rotatable bonds is 6. The lowest BCUT2D eigenvalue weighted by molar-refractivity contribution is 0.0198. The van der Waals surface area contributed by atoms with Crippen LogP contribution in [0.25, 0.3) is 22.8 Å². The number of carbonyl (C=O) groups is 3. The zero-order valence-electron chi connectivity index (χ0n) is 38.9. The molecule has 12 nitrogen and oxygen atoms in total. The Morgan fingerprint density at radius 1 is 0.677 bits per heavy atom. The maximum Gasteiger partial charge on any atom is 0.410 e. The van der Waals surface area contributed by atoms with Gasteiger partial charge in [0.25, 0.3) is 11.8 Å². The van der Waals surface area contributed by atoms with Crippen LogP contribution < -0.4 is 16.0 Å². The summed E-state index contributed by atoms with van der Waals surface area (Å²) in [6.07, 6.45) is 6.91. The Kier molecular flexibility index (Phi) is 12.8. The Morgan fingerprint density at radius 2 is 1.14 bits per heavy atom. The Bertz CT molecular complexity index is 2390. The van der Waals surface area contributed by atoms with Crippen molar-refractivity contribution in [3.63, 3.8) is 0 Å². The van der Waals surface area contributed by atoms with Gasteiger partial charge in [0.2, 0.25) is 0 Å². The first-order chi connectivity index (χ1) is 29.8. The van der Waals surface area contributed by atoms with Crippen molar-refractivity contribution in [1.29, 1.82) is 0 Å². The lowest BCUT2D eigenvalue weighted by Crippen LogP contribution is -2.52. The summed E-state index contributed by atoms with van der Waals surface area (Å²) in [5.41, 5.74) is 4.76. The predicted octanol–water partition coefficient (Wildman–Crippen LogP) is 10.1. The van der Waals surface area contributed by atoms with Crippen molar-refractivity contribution in [2.75, 3.05) is 13.1 Å².